The maximum atomic E-state index is 10.8. The van der Waals surface area contributed by atoms with Crippen LogP contribution in [0.4, 0.5) is 0 Å². The molecule has 0 spiro atoms. The van der Waals surface area contributed by atoms with Gasteiger partial charge in [-0.05, 0) is 17.2 Å². The van der Waals surface area contributed by atoms with Crippen LogP contribution in [0.1, 0.15) is 11.1 Å². The molecule has 0 radical (unpaired) electrons. The van der Waals surface area contributed by atoms with Crippen molar-refractivity contribution in [2.45, 2.75) is 6.61 Å². The fourth-order valence-corrected chi connectivity index (χ4v) is 1.12. The number of benzene rings is 1. The summed E-state index contributed by atoms with van der Waals surface area (Å²) >= 11 is 0. The van der Waals surface area contributed by atoms with E-state index >= 15 is 0 Å². The lowest BCUT2D eigenvalue weighted by atomic mass is 10.1. The van der Waals surface area contributed by atoms with Crippen molar-refractivity contribution in [3.05, 3.63) is 41.5 Å². The number of hydrogen-bond acceptors (Lipinski definition) is 3. The van der Waals surface area contributed by atoms with E-state index in [0.29, 0.717) is 6.61 Å². The molecule has 0 amide bonds. The molecule has 0 aromatic heterocycles. The molecule has 0 N–H and O–H groups in total. The smallest absolute Gasteiger partial charge is 0.330 e. The van der Waals surface area contributed by atoms with Crippen LogP contribution in [0.3, 0.4) is 0 Å². The first-order chi connectivity index (χ1) is 7.26. The molecule has 80 valence electrons. The van der Waals surface area contributed by atoms with Gasteiger partial charge in [-0.1, -0.05) is 24.3 Å². The fourth-order valence-electron chi connectivity index (χ4n) is 1.12. The van der Waals surface area contributed by atoms with Crippen LogP contribution in [0, 0.1) is 0 Å². The highest BCUT2D eigenvalue weighted by Crippen LogP contribution is 2.07. The van der Waals surface area contributed by atoms with Gasteiger partial charge in [0, 0.05) is 13.2 Å². The van der Waals surface area contributed by atoms with Crippen LogP contribution < -0.4 is 0 Å². The van der Waals surface area contributed by atoms with E-state index in [1.807, 2.05) is 24.3 Å². The van der Waals surface area contributed by atoms with E-state index in [0.717, 1.165) is 11.1 Å². The summed E-state index contributed by atoms with van der Waals surface area (Å²) in [5, 5.41) is 0. The Balaban J connectivity index is 2.64. The van der Waals surface area contributed by atoms with E-state index < -0.39 is 0 Å². The van der Waals surface area contributed by atoms with Crippen LogP contribution in [0.2, 0.25) is 0 Å². The Morgan fingerprint density at radius 3 is 2.47 bits per heavy atom. The molecular weight excluding hydrogens is 192 g/mol. The Morgan fingerprint density at radius 2 is 1.93 bits per heavy atom. The van der Waals surface area contributed by atoms with Crippen LogP contribution in [0.25, 0.3) is 6.08 Å². The normalized spacial score (nSPS) is 10.5. The molecule has 0 heterocycles. The van der Waals surface area contributed by atoms with E-state index in [9.17, 15) is 4.79 Å². The van der Waals surface area contributed by atoms with E-state index in [1.54, 1.807) is 13.2 Å². The van der Waals surface area contributed by atoms with E-state index in [-0.39, 0.29) is 5.97 Å². The largest absolute Gasteiger partial charge is 0.466 e. The molecule has 0 fully saturated rings. The van der Waals surface area contributed by atoms with Gasteiger partial charge in [0.05, 0.1) is 13.7 Å². The number of esters is 1. The summed E-state index contributed by atoms with van der Waals surface area (Å²) in [6, 6.07) is 7.77. The first-order valence-corrected chi connectivity index (χ1v) is 4.60. The van der Waals surface area contributed by atoms with Gasteiger partial charge in [-0.15, -0.1) is 0 Å². The molecule has 0 unspecified atom stereocenters. The van der Waals surface area contributed by atoms with Crippen LogP contribution in [0.5, 0.6) is 0 Å². The number of hydrogen-bond donors (Lipinski definition) is 0. The minimum atomic E-state index is -0.351. The maximum absolute atomic E-state index is 10.8. The van der Waals surface area contributed by atoms with Gasteiger partial charge in [-0.25, -0.2) is 4.79 Å². The molecule has 1 aromatic rings. The summed E-state index contributed by atoms with van der Waals surface area (Å²) in [7, 11) is 3.01. The Kier molecular flexibility index (Phi) is 4.57. The highest BCUT2D eigenvalue weighted by molar-refractivity contribution is 5.86. The predicted molar refractivity (Wildman–Crippen MR) is 58.2 cm³/mol. The molecular formula is C12H14O3. The number of carbonyl (C=O) groups is 1. The third-order valence-electron chi connectivity index (χ3n) is 1.90. The van der Waals surface area contributed by atoms with Crippen molar-refractivity contribution in [1.82, 2.24) is 0 Å². The quantitative estimate of drug-likeness (QED) is 0.558. The first kappa shape index (κ1) is 11.5. The molecule has 0 saturated carbocycles. The Hall–Kier alpha value is -1.61. The van der Waals surface area contributed by atoms with Gasteiger partial charge >= 0.3 is 5.97 Å². The number of rotatable bonds is 4. The van der Waals surface area contributed by atoms with Gasteiger partial charge in [0.15, 0.2) is 0 Å². The average molecular weight is 206 g/mol. The summed E-state index contributed by atoms with van der Waals surface area (Å²) < 4.78 is 9.48. The third-order valence-corrected chi connectivity index (χ3v) is 1.90. The van der Waals surface area contributed by atoms with E-state index in [2.05, 4.69) is 4.74 Å². The molecule has 1 rings (SSSR count). The monoisotopic (exact) mass is 206 g/mol. The zero-order valence-electron chi connectivity index (χ0n) is 8.90. The van der Waals surface area contributed by atoms with Crippen LogP contribution in [-0.4, -0.2) is 20.2 Å². The van der Waals surface area contributed by atoms with Gasteiger partial charge in [-0.2, -0.15) is 0 Å². The molecule has 0 aliphatic carbocycles. The number of methoxy groups -OCH3 is 2. The van der Waals surface area contributed by atoms with Gasteiger partial charge in [-0.3, -0.25) is 0 Å². The molecule has 1 aromatic carbocycles. The lowest BCUT2D eigenvalue weighted by Crippen LogP contribution is -1.93. The van der Waals surface area contributed by atoms with Crippen molar-refractivity contribution >= 4 is 12.0 Å². The highest BCUT2D eigenvalue weighted by Gasteiger charge is 1.93. The minimum absolute atomic E-state index is 0.351. The topological polar surface area (TPSA) is 35.5 Å². The minimum Gasteiger partial charge on any atom is -0.466 e. The average Bonchev–Trinajstić information content (AvgIpc) is 2.28. The molecule has 0 aliphatic rings. The summed E-state index contributed by atoms with van der Waals surface area (Å²) in [5.41, 5.74) is 2.06. The Bertz CT molecular complexity index is 338. The SMILES string of the molecule is COCc1ccc(C=CC(=O)OC)cc1. The predicted octanol–water partition coefficient (Wildman–Crippen LogP) is 2.02. The lowest BCUT2D eigenvalue weighted by Gasteiger charge is -1.99. The van der Waals surface area contributed by atoms with Crippen LogP contribution in [-0.2, 0) is 20.9 Å². The zero-order valence-corrected chi connectivity index (χ0v) is 8.90. The van der Waals surface area contributed by atoms with E-state index in [1.165, 1.54) is 13.2 Å². The Morgan fingerprint density at radius 1 is 1.27 bits per heavy atom. The van der Waals surface area contributed by atoms with Crippen molar-refractivity contribution in [2.24, 2.45) is 0 Å². The van der Waals surface area contributed by atoms with Crippen molar-refractivity contribution in [3.63, 3.8) is 0 Å². The molecule has 15 heavy (non-hydrogen) atoms. The van der Waals surface area contributed by atoms with Crippen molar-refractivity contribution < 1.29 is 14.3 Å². The highest BCUT2D eigenvalue weighted by atomic mass is 16.5. The second kappa shape index (κ2) is 5.98. The first-order valence-electron chi connectivity index (χ1n) is 4.60. The summed E-state index contributed by atoms with van der Waals surface area (Å²) in [4.78, 5) is 10.8. The molecule has 3 nitrogen and oxygen atoms in total. The zero-order chi connectivity index (χ0) is 11.1. The van der Waals surface area contributed by atoms with Crippen LogP contribution >= 0.6 is 0 Å². The van der Waals surface area contributed by atoms with Crippen molar-refractivity contribution in [2.75, 3.05) is 14.2 Å². The molecule has 0 saturated heterocycles. The van der Waals surface area contributed by atoms with Gasteiger partial charge in [0.2, 0.25) is 0 Å². The van der Waals surface area contributed by atoms with Crippen molar-refractivity contribution in [3.8, 4) is 0 Å². The third kappa shape index (κ3) is 3.95. The number of carbonyl (C=O) groups excluding carboxylic acids is 1. The summed E-state index contributed by atoms with van der Waals surface area (Å²) in [5.74, 6) is -0.351. The summed E-state index contributed by atoms with van der Waals surface area (Å²) in [6.45, 7) is 0.598. The molecule has 0 bridgehead atoms. The van der Waals surface area contributed by atoms with Gasteiger partial charge in [0.25, 0.3) is 0 Å². The standard InChI is InChI=1S/C12H14O3/c1-14-9-11-5-3-10(4-6-11)7-8-12(13)15-2/h3-8H,9H2,1-2H3. The second-order valence-corrected chi connectivity index (χ2v) is 3.03. The lowest BCUT2D eigenvalue weighted by molar-refractivity contribution is -0.134. The second-order valence-electron chi connectivity index (χ2n) is 3.03. The Labute approximate surface area is 89.3 Å². The fraction of sp³-hybridized carbons (Fsp3) is 0.250. The molecule has 0 atom stereocenters. The maximum Gasteiger partial charge on any atom is 0.330 e. The summed E-state index contributed by atoms with van der Waals surface area (Å²) in [6.07, 6.45) is 3.10. The van der Waals surface area contributed by atoms with E-state index in [4.69, 9.17) is 4.74 Å². The molecule has 3 heteroatoms. The van der Waals surface area contributed by atoms with Gasteiger partial charge < -0.3 is 9.47 Å². The van der Waals surface area contributed by atoms with Crippen LogP contribution in [0.15, 0.2) is 30.3 Å². The molecule has 0 aliphatic heterocycles. The van der Waals surface area contributed by atoms with Gasteiger partial charge in [0.1, 0.15) is 0 Å². The van der Waals surface area contributed by atoms with Crippen molar-refractivity contribution in [1.29, 1.82) is 0 Å². The number of ether oxygens (including phenoxy) is 2.